The predicted octanol–water partition coefficient (Wildman–Crippen LogP) is 3.65. The van der Waals surface area contributed by atoms with E-state index in [0.29, 0.717) is 13.1 Å². The molecular formula is C26H25N5O2. The molecular weight excluding hydrogens is 414 g/mol. The van der Waals surface area contributed by atoms with Crippen LogP contribution in [0.15, 0.2) is 73.2 Å². The van der Waals surface area contributed by atoms with E-state index in [0.717, 1.165) is 34.5 Å². The van der Waals surface area contributed by atoms with Gasteiger partial charge >= 0.3 is 0 Å². The van der Waals surface area contributed by atoms with Gasteiger partial charge in [-0.15, -0.1) is 0 Å². The fourth-order valence-electron chi connectivity index (χ4n) is 4.18. The first-order valence-corrected chi connectivity index (χ1v) is 11.2. The molecule has 0 bridgehead atoms. The summed E-state index contributed by atoms with van der Waals surface area (Å²) >= 11 is 0. The van der Waals surface area contributed by atoms with Crippen molar-refractivity contribution in [3.05, 3.63) is 84.3 Å². The summed E-state index contributed by atoms with van der Waals surface area (Å²) in [5.41, 5.74) is 4.87. The van der Waals surface area contributed by atoms with Gasteiger partial charge in [-0.3, -0.25) is 14.2 Å². The molecule has 166 valence electrons. The zero-order valence-corrected chi connectivity index (χ0v) is 18.4. The summed E-state index contributed by atoms with van der Waals surface area (Å²) in [6, 6.07) is 19.7. The Balaban J connectivity index is 1.20. The molecule has 0 radical (unpaired) electrons. The quantitative estimate of drug-likeness (QED) is 0.497. The van der Waals surface area contributed by atoms with Gasteiger partial charge in [0, 0.05) is 31.4 Å². The monoisotopic (exact) mass is 439 g/mol. The zero-order valence-electron chi connectivity index (χ0n) is 18.4. The number of rotatable bonds is 6. The first-order valence-electron chi connectivity index (χ1n) is 11.2. The van der Waals surface area contributed by atoms with Crippen LogP contribution in [0.2, 0.25) is 0 Å². The molecule has 3 heterocycles. The summed E-state index contributed by atoms with van der Waals surface area (Å²) < 4.78 is 1.93. The third-order valence-electron chi connectivity index (χ3n) is 6.13. The highest BCUT2D eigenvalue weighted by molar-refractivity contribution is 6.00. The van der Waals surface area contributed by atoms with E-state index >= 15 is 0 Å². The van der Waals surface area contributed by atoms with Gasteiger partial charge in [-0.25, -0.2) is 9.97 Å². The van der Waals surface area contributed by atoms with Crippen LogP contribution in [0, 0.1) is 5.92 Å². The van der Waals surface area contributed by atoms with Crippen LogP contribution < -0.4 is 10.2 Å². The fraction of sp³-hybridized carbons (Fsp3) is 0.231. The maximum atomic E-state index is 12.7. The number of hydrogen-bond donors (Lipinski definition) is 1. The highest BCUT2D eigenvalue weighted by Crippen LogP contribution is 2.26. The maximum absolute atomic E-state index is 12.7. The Morgan fingerprint density at radius 3 is 2.58 bits per heavy atom. The lowest BCUT2D eigenvalue weighted by molar-refractivity contribution is -0.126. The maximum Gasteiger partial charge on any atom is 0.227 e. The van der Waals surface area contributed by atoms with Crippen molar-refractivity contribution in [2.75, 3.05) is 11.4 Å². The van der Waals surface area contributed by atoms with E-state index in [1.54, 1.807) is 17.4 Å². The van der Waals surface area contributed by atoms with Crippen LogP contribution in [0.5, 0.6) is 0 Å². The van der Waals surface area contributed by atoms with Crippen molar-refractivity contribution in [2.24, 2.45) is 5.92 Å². The van der Waals surface area contributed by atoms with Crippen LogP contribution in [0.4, 0.5) is 5.69 Å². The number of nitrogens with one attached hydrogen (secondary N) is 1. The molecule has 1 unspecified atom stereocenters. The molecule has 33 heavy (non-hydrogen) atoms. The molecule has 7 heteroatoms. The molecule has 1 atom stereocenters. The number of carbonyl (C=O) groups excluding carboxylic acids is 2. The van der Waals surface area contributed by atoms with Gasteiger partial charge < -0.3 is 10.2 Å². The normalized spacial score (nSPS) is 15.8. The van der Waals surface area contributed by atoms with E-state index in [9.17, 15) is 9.59 Å². The highest BCUT2D eigenvalue weighted by atomic mass is 16.2. The fourth-order valence-corrected chi connectivity index (χ4v) is 4.18. The van der Waals surface area contributed by atoms with Crippen molar-refractivity contribution in [1.82, 2.24) is 19.9 Å². The molecule has 5 rings (SSSR count). The van der Waals surface area contributed by atoms with Crippen molar-refractivity contribution in [3.63, 3.8) is 0 Å². The average Bonchev–Trinajstić information content (AvgIpc) is 3.47. The largest absolute Gasteiger partial charge is 0.352 e. The summed E-state index contributed by atoms with van der Waals surface area (Å²) in [4.78, 5) is 35.8. The van der Waals surface area contributed by atoms with E-state index in [1.807, 2.05) is 65.2 Å². The lowest BCUT2D eigenvalue weighted by Gasteiger charge is -2.17. The first kappa shape index (κ1) is 20.9. The lowest BCUT2D eigenvalue weighted by Crippen LogP contribution is -2.32. The molecule has 7 nitrogen and oxygen atoms in total. The SMILES string of the molecule is CCc1ccc(N2CC(C(=O)NCc3ccc(-n4cnc5ccccc54)nc3)CC2=O)cc1. The van der Waals surface area contributed by atoms with E-state index in [4.69, 9.17) is 0 Å². The van der Waals surface area contributed by atoms with Gasteiger partial charge in [0.25, 0.3) is 0 Å². The van der Waals surface area contributed by atoms with Gasteiger partial charge in [-0.1, -0.05) is 37.3 Å². The number of hydrogen-bond acceptors (Lipinski definition) is 4. The third-order valence-corrected chi connectivity index (χ3v) is 6.13. The van der Waals surface area contributed by atoms with Crippen LogP contribution >= 0.6 is 0 Å². The number of aryl methyl sites for hydroxylation is 1. The topological polar surface area (TPSA) is 80.1 Å². The smallest absolute Gasteiger partial charge is 0.227 e. The molecule has 1 aliphatic rings. The standard InChI is InChI=1S/C26H25N5O2/c1-2-18-7-10-21(11-8-18)30-16-20(13-25(30)32)26(33)28-15-19-9-12-24(27-14-19)31-17-29-22-5-3-4-6-23(22)31/h3-12,14,17,20H,2,13,15-16H2,1H3,(H,28,33). The minimum absolute atomic E-state index is 0.0158. The van der Waals surface area contributed by atoms with Gasteiger partial charge in [0.05, 0.1) is 17.0 Å². The second kappa shape index (κ2) is 8.86. The number of pyridine rings is 1. The zero-order chi connectivity index (χ0) is 22.8. The molecule has 4 aromatic rings. The Labute approximate surface area is 192 Å². The summed E-state index contributed by atoms with van der Waals surface area (Å²) in [7, 11) is 0. The van der Waals surface area contributed by atoms with Gasteiger partial charge in [0.2, 0.25) is 11.8 Å². The number of fused-ring (bicyclic) bond motifs is 1. The summed E-state index contributed by atoms with van der Waals surface area (Å²) in [6.07, 6.45) is 4.69. The lowest BCUT2D eigenvalue weighted by atomic mass is 10.1. The van der Waals surface area contributed by atoms with Crippen LogP contribution in [0.1, 0.15) is 24.5 Å². The molecule has 0 saturated carbocycles. The molecule has 2 aromatic carbocycles. The number of nitrogens with zero attached hydrogens (tertiary/aromatic N) is 4. The van der Waals surface area contributed by atoms with E-state index in [-0.39, 0.29) is 24.2 Å². The van der Waals surface area contributed by atoms with Crippen molar-refractivity contribution in [2.45, 2.75) is 26.3 Å². The predicted molar refractivity (Wildman–Crippen MR) is 127 cm³/mol. The van der Waals surface area contributed by atoms with Crippen molar-refractivity contribution >= 4 is 28.5 Å². The summed E-state index contributed by atoms with van der Waals surface area (Å²) in [5.74, 6) is 0.288. The van der Waals surface area contributed by atoms with Gasteiger partial charge in [-0.05, 0) is 47.9 Å². The Morgan fingerprint density at radius 1 is 1.03 bits per heavy atom. The summed E-state index contributed by atoms with van der Waals surface area (Å²) in [5, 5.41) is 2.96. The number of carbonyl (C=O) groups is 2. The molecule has 1 fully saturated rings. The average molecular weight is 440 g/mol. The van der Waals surface area contributed by atoms with Crippen LogP contribution in [0.25, 0.3) is 16.9 Å². The van der Waals surface area contributed by atoms with E-state index in [2.05, 4.69) is 22.2 Å². The molecule has 2 aromatic heterocycles. The Morgan fingerprint density at radius 2 is 1.82 bits per heavy atom. The van der Waals surface area contributed by atoms with Gasteiger partial charge in [0.15, 0.2) is 0 Å². The van der Waals surface area contributed by atoms with Crippen molar-refractivity contribution in [1.29, 1.82) is 0 Å². The summed E-state index contributed by atoms with van der Waals surface area (Å²) in [6.45, 7) is 2.87. The Bertz CT molecular complexity index is 1290. The van der Waals surface area contributed by atoms with Gasteiger partial charge in [0.1, 0.15) is 12.1 Å². The molecule has 1 aliphatic heterocycles. The Kier molecular flexibility index (Phi) is 5.60. The number of amides is 2. The molecule has 0 aliphatic carbocycles. The second-order valence-corrected chi connectivity index (χ2v) is 8.27. The van der Waals surface area contributed by atoms with Crippen LogP contribution in [-0.4, -0.2) is 32.9 Å². The van der Waals surface area contributed by atoms with E-state index in [1.165, 1.54) is 5.56 Å². The minimum Gasteiger partial charge on any atom is -0.352 e. The highest BCUT2D eigenvalue weighted by Gasteiger charge is 2.34. The Hall–Kier alpha value is -4.00. The van der Waals surface area contributed by atoms with E-state index < -0.39 is 0 Å². The number of anilines is 1. The second-order valence-electron chi connectivity index (χ2n) is 8.27. The van der Waals surface area contributed by atoms with Crippen LogP contribution in [0.3, 0.4) is 0 Å². The van der Waals surface area contributed by atoms with Crippen molar-refractivity contribution < 1.29 is 9.59 Å². The van der Waals surface area contributed by atoms with Crippen LogP contribution in [-0.2, 0) is 22.6 Å². The number of para-hydroxylation sites is 2. The molecule has 0 spiro atoms. The number of benzene rings is 2. The number of imidazole rings is 1. The third kappa shape index (κ3) is 4.22. The minimum atomic E-state index is -0.354. The first-order chi connectivity index (χ1) is 16.1. The molecule has 1 saturated heterocycles. The molecule has 1 N–H and O–H groups in total. The van der Waals surface area contributed by atoms with Crippen molar-refractivity contribution in [3.8, 4) is 5.82 Å². The number of aromatic nitrogens is 3. The molecule has 2 amide bonds. The van der Waals surface area contributed by atoms with Gasteiger partial charge in [-0.2, -0.15) is 0 Å².